The van der Waals surface area contributed by atoms with Crippen LogP contribution in [0.4, 0.5) is 0 Å². The maximum atomic E-state index is 10.9. The lowest BCUT2D eigenvalue weighted by molar-refractivity contribution is 0.0697. The van der Waals surface area contributed by atoms with Crippen LogP contribution in [0, 0.1) is 11.3 Å². The third-order valence-corrected chi connectivity index (χ3v) is 3.53. The predicted octanol–water partition coefficient (Wildman–Crippen LogP) is 4.71. The molecule has 24 heavy (non-hydrogen) atoms. The minimum absolute atomic E-state index is 0.181. The highest BCUT2D eigenvalue weighted by molar-refractivity contribution is 5.91. The summed E-state index contributed by atoms with van der Waals surface area (Å²) in [6.07, 6.45) is 1.64. The number of aromatic carboxylic acids is 1. The minimum Gasteiger partial charge on any atom is -0.478 e. The monoisotopic (exact) mass is 315 g/mol. The zero-order valence-corrected chi connectivity index (χ0v) is 12.6. The molecule has 0 amide bonds. The van der Waals surface area contributed by atoms with Crippen molar-refractivity contribution in [3.05, 3.63) is 83.6 Å². The minimum atomic E-state index is -0.998. The van der Waals surface area contributed by atoms with Crippen molar-refractivity contribution in [3.8, 4) is 17.4 Å². The van der Waals surface area contributed by atoms with Crippen LogP contribution in [-0.2, 0) is 0 Å². The second kappa shape index (κ2) is 6.67. The second-order valence-corrected chi connectivity index (χ2v) is 5.12. The summed E-state index contributed by atoms with van der Waals surface area (Å²) < 4.78 is 5.76. The highest BCUT2D eigenvalue weighted by atomic mass is 16.4. The summed E-state index contributed by atoms with van der Waals surface area (Å²) in [6, 6.07) is 21.6. The van der Waals surface area contributed by atoms with E-state index in [4.69, 9.17) is 9.52 Å². The molecule has 1 N–H and O–H groups in total. The largest absolute Gasteiger partial charge is 0.478 e. The number of hydrogen-bond donors (Lipinski definition) is 1. The second-order valence-electron chi connectivity index (χ2n) is 5.12. The van der Waals surface area contributed by atoms with Crippen LogP contribution in [0.1, 0.15) is 21.7 Å². The number of rotatable bonds is 4. The number of carboxylic acids is 1. The summed E-state index contributed by atoms with van der Waals surface area (Å²) in [7, 11) is 0. The average Bonchev–Trinajstić information content (AvgIpc) is 3.09. The van der Waals surface area contributed by atoms with Gasteiger partial charge in [0, 0.05) is 5.56 Å². The van der Waals surface area contributed by atoms with E-state index in [1.807, 2.05) is 36.4 Å². The van der Waals surface area contributed by atoms with Gasteiger partial charge < -0.3 is 9.52 Å². The van der Waals surface area contributed by atoms with Gasteiger partial charge in [-0.3, -0.25) is 0 Å². The van der Waals surface area contributed by atoms with E-state index in [-0.39, 0.29) is 5.56 Å². The lowest BCUT2D eigenvalue weighted by atomic mass is 10.0. The van der Waals surface area contributed by atoms with E-state index in [9.17, 15) is 10.1 Å². The maximum Gasteiger partial charge on any atom is 0.335 e. The van der Waals surface area contributed by atoms with Gasteiger partial charge >= 0.3 is 5.97 Å². The molecule has 2 aromatic carbocycles. The molecular weight excluding hydrogens is 302 g/mol. The van der Waals surface area contributed by atoms with Crippen molar-refractivity contribution in [1.29, 1.82) is 5.26 Å². The van der Waals surface area contributed by atoms with E-state index in [0.29, 0.717) is 16.9 Å². The third-order valence-electron chi connectivity index (χ3n) is 3.53. The van der Waals surface area contributed by atoms with Gasteiger partial charge in [0.25, 0.3) is 0 Å². The number of allylic oxidation sites excluding steroid dienone is 1. The molecule has 0 aliphatic carbocycles. The van der Waals surface area contributed by atoms with Gasteiger partial charge in [-0.25, -0.2) is 4.79 Å². The highest BCUT2D eigenvalue weighted by Gasteiger charge is 2.07. The van der Waals surface area contributed by atoms with Crippen LogP contribution in [0.2, 0.25) is 0 Å². The molecule has 0 aliphatic rings. The van der Waals surface area contributed by atoms with Gasteiger partial charge in [0.05, 0.1) is 17.2 Å². The Morgan fingerprint density at radius 3 is 2.25 bits per heavy atom. The van der Waals surface area contributed by atoms with Gasteiger partial charge in [-0.05, 0) is 35.9 Å². The molecule has 0 radical (unpaired) electrons. The van der Waals surface area contributed by atoms with Crippen LogP contribution in [0.25, 0.3) is 23.0 Å². The van der Waals surface area contributed by atoms with Crippen molar-refractivity contribution in [2.75, 3.05) is 0 Å². The zero-order chi connectivity index (χ0) is 16.9. The van der Waals surface area contributed by atoms with E-state index in [0.717, 1.165) is 11.3 Å². The number of furan rings is 1. The summed E-state index contributed by atoms with van der Waals surface area (Å²) in [6.45, 7) is 0. The molecule has 0 bridgehead atoms. The number of benzene rings is 2. The molecule has 0 spiro atoms. The summed E-state index contributed by atoms with van der Waals surface area (Å²) in [5.41, 5.74) is 2.18. The van der Waals surface area contributed by atoms with E-state index in [1.54, 1.807) is 24.3 Å². The fourth-order valence-electron chi connectivity index (χ4n) is 2.30. The molecular formula is C20H13NO3. The number of nitriles is 1. The van der Waals surface area contributed by atoms with Crippen molar-refractivity contribution in [2.45, 2.75) is 0 Å². The first-order valence-electron chi connectivity index (χ1n) is 7.28. The molecule has 4 nitrogen and oxygen atoms in total. The van der Waals surface area contributed by atoms with Crippen LogP contribution in [0.3, 0.4) is 0 Å². The van der Waals surface area contributed by atoms with Crippen LogP contribution < -0.4 is 0 Å². The number of carboxylic acid groups (broad SMARTS) is 1. The van der Waals surface area contributed by atoms with Crippen LogP contribution >= 0.6 is 0 Å². The van der Waals surface area contributed by atoms with Crippen molar-refractivity contribution in [3.63, 3.8) is 0 Å². The molecule has 0 aliphatic heterocycles. The van der Waals surface area contributed by atoms with Gasteiger partial charge in [-0.15, -0.1) is 0 Å². The number of hydrogen-bond acceptors (Lipinski definition) is 3. The van der Waals surface area contributed by atoms with E-state index < -0.39 is 5.97 Å². The molecule has 0 atom stereocenters. The Labute approximate surface area is 138 Å². The topological polar surface area (TPSA) is 74.2 Å². The smallest absolute Gasteiger partial charge is 0.335 e. The van der Waals surface area contributed by atoms with Crippen molar-refractivity contribution in [2.24, 2.45) is 0 Å². The lowest BCUT2D eigenvalue weighted by Crippen LogP contribution is -1.95. The molecule has 1 aromatic heterocycles. The van der Waals surface area contributed by atoms with Crippen molar-refractivity contribution < 1.29 is 14.3 Å². The molecule has 116 valence electrons. The first kappa shape index (κ1) is 15.3. The van der Waals surface area contributed by atoms with Gasteiger partial charge in [-0.1, -0.05) is 42.5 Å². The Hall–Kier alpha value is -3.58. The van der Waals surface area contributed by atoms with E-state index in [1.165, 1.54) is 12.1 Å². The average molecular weight is 315 g/mol. The Morgan fingerprint density at radius 1 is 0.958 bits per heavy atom. The van der Waals surface area contributed by atoms with Crippen molar-refractivity contribution in [1.82, 2.24) is 0 Å². The normalized spacial score (nSPS) is 11.0. The SMILES string of the molecule is N#C/C(=C\c1ccc(-c2ccccc2)o1)c1ccc(C(=O)O)cc1. The predicted molar refractivity (Wildman–Crippen MR) is 91.0 cm³/mol. The third kappa shape index (κ3) is 3.26. The number of carbonyl (C=O) groups is 1. The molecule has 1 heterocycles. The quantitative estimate of drug-likeness (QED) is 0.708. The number of nitrogens with zero attached hydrogens (tertiary/aromatic N) is 1. The summed E-state index contributed by atoms with van der Waals surface area (Å²) in [5.74, 6) is 0.288. The maximum absolute atomic E-state index is 10.9. The molecule has 0 fully saturated rings. The van der Waals surface area contributed by atoms with Crippen molar-refractivity contribution >= 4 is 17.6 Å². The van der Waals surface area contributed by atoms with E-state index >= 15 is 0 Å². The summed E-state index contributed by atoms with van der Waals surface area (Å²) in [5, 5.41) is 18.3. The van der Waals surface area contributed by atoms with Crippen LogP contribution in [0.15, 0.2) is 71.1 Å². The Balaban J connectivity index is 1.90. The lowest BCUT2D eigenvalue weighted by Gasteiger charge is -2.00. The van der Waals surface area contributed by atoms with E-state index in [2.05, 4.69) is 6.07 Å². The Kier molecular flexibility index (Phi) is 4.26. The fourth-order valence-corrected chi connectivity index (χ4v) is 2.30. The van der Waals surface area contributed by atoms with Crippen LogP contribution in [0.5, 0.6) is 0 Å². The molecule has 3 rings (SSSR count). The first-order chi connectivity index (χ1) is 11.7. The standard InChI is InChI=1S/C20H13NO3/c21-13-17(14-6-8-16(9-7-14)20(22)23)12-18-10-11-19(24-18)15-4-2-1-3-5-15/h1-12H,(H,22,23)/b17-12+. The Morgan fingerprint density at radius 2 is 1.62 bits per heavy atom. The summed E-state index contributed by atoms with van der Waals surface area (Å²) in [4.78, 5) is 10.9. The Bertz CT molecular complexity index is 929. The first-order valence-corrected chi connectivity index (χ1v) is 7.28. The fraction of sp³-hybridized carbons (Fsp3) is 0. The van der Waals surface area contributed by atoms with Gasteiger partial charge in [0.2, 0.25) is 0 Å². The van der Waals surface area contributed by atoms with Crippen LogP contribution in [-0.4, -0.2) is 11.1 Å². The zero-order valence-electron chi connectivity index (χ0n) is 12.6. The van der Waals surface area contributed by atoms with Gasteiger partial charge in [0.1, 0.15) is 11.5 Å². The molecule has 0 unspecified atom stereocenters. The van der Waals surface area contributed by atoms with Gasteiger partial charge in [0.15, 0.2) is 0 Å². The molecule has 0 saturated heterocycles. The molecule has 3 aromatic rings. The highest BCUT2D eigenvalue weighted by Crippen LogP contribution is 2.25. The molecule has 0 saturated carbocycles. The van der Waals surface area contributed by atoms with Gasteiger partial charge in [-0.2, -0.15) is 5.26 Å². The molecule has 4 heteroatoms. The summed E-state index contributed by atoms with van der Waals surface area (Å²) >= 11 is 0.